The molecule has 2 fully saturated rings. The van der Waals surface area contributed by atoms with E-state index in [2.05, 4.69) is 21.8 Å². The van der Waals surface area contributed by atoms with Crippen molar-refractivity contribution >= 4 is 17.1 Å². The number of halogens is 1. The summed E-state index contributed by atoms with van der Waals surface area (Å²) in [6.45, 7) is 3.41. The van der Waals surface area contributed by atoms with Crippen LogP contribution in [0, 0.1) is 5.82 Å². The number of aromatic nitrogens is 1. The first-order valence-electron chi connectivity index (χ1n) is 7.33. The minimum atomic E-state index is -0.292. The number of rotatable bonds is 1. The van der Waals surface area contributed by atoms with Gasteiger partial charge in [0, 0.05) is 25.7 Å². The average molecular weight is 291 g/mol. The predicted molar refractivity (Wildman–Crippen MR) is 77.0 cm³/mol. The van der Waals surface area contributed by atoms with E-state index in [-0.39, 0.29) is 18.0 Å². The van der Waals surface area contributed by atoms with Gasteiger partial charge in [-0.3, -0.25) is 0 Å². The van der Waals surface area contributed by atoms with Gasteiger partial charge in [-0.2, -0.15) is 4.98 Å². The molecule has 0 aliphatic carbocycles. The maximum atomic E-state index is 13.3. The zero-order valence-corrected chi connectivity index (χ0v) is 12.0. The summed E-state index contributed by atoms with van der Waals surface area (Å²) in [6, 6.07) is 5.26. The summed E-state index contributed by atoms with van der Waals surface area (Å²) in [7, 11) is 2.12. The third-order valence-corrected chi connectivity index (χ3v) is 4.37. The third-order valence-electron chi connectivity index (χ3n) is 4.37. The maximum Gasteiger partial charge on any atom is 0.298 e. The minimum absolute atomic E-state index is 0.224. The number of benzene rings is 1. The number of ether oxygens (including phenoxy) is 1. The molecule has 3 heterocycles. The lowest BCUT2D eigenvalue weighted by atomic mass is 9.99. The number of piperidine rings is 1. The topological polar surface area (TPSA) is 41.7 Å². The van der Waals surface area contributed by atoms with Crippen LogP contribution in [0.2, 0.25) is 0 Å². The molecule has 2 atom stereocenters. The normalized spacial score (nSPS) is 27.0. The van der Waals surface area contributed by atoms with Crippen LogP contribution in [0.25, 0.3) is 11.1 Å². The number of oxazole rings is 1. The molecule has 112 valence electrons. The van der Waals surface area contributed by atoms with Gasteiger partial charge in [0.25, 0.3) is 6.01 Å². The number of hydrogen-bond acceptors (Lipinski definition) is 5. The summed E-state index contributed by atoms with van der Waals surface area (Å²) in [6.07, 6.45) is 1.24. The third kappa shape index (κ3) is 2.28. The van der Waals surface area contributed by atoms with Crippen LogP contribution in [0.4, 0.5) is 10.4 Å². The van der Waals surface area contributed by atoms with Crippen LogP contribution < -0.4 is 4.90 Å². The fraction of sp³-hybridized carbons (Fsp3) is 0.533. The molecule has 1 aromatic heterocycles. The highest BCUT2D eigenvalue weighted by molar-refractivity contribution is 5.74. The Bertz CT molecular complexity index is 659. The number of likely N-dealkylation sites (N-methyl/N-ethyl adjacent to an activating group) is 1. The Labute approximate surface area is 122 Å². The Balaban J connectivity index is 1.69. The number of morpholine rings is 1. The lowest BCUT2D eigenvalue weighted by Crippen LogP contribution is -2.59. The number of anilines is 1. The Morgan fingerprint density at radius 3 is 3.14 bits per heavy atom. The molecular weight excluding hydrogens is 273 g/mol. The maximum absolute atomic E-state index is 13.3. The molecule has 6 heteroatoms. The van der Waals surface area contributed by atoms with E-state index in [9.17, 15) is 4.39 Å². The lowest BCUT2D eigenvalue weighted by Gasteiger charge is -2.45. The second-order valence-electron chi connectivity index (χ2n) is 5.83. The van der Waals surface area contributed by atoms with Crippen molar-refractivity contribution in [1.82, 2.24) is 9.88 Å². The Hall–Kier alpha value is -1.66. The highest BCUT2D eigenvalue weighted by atomic mass is 19.1. The molecule has 0 radical (unpaired) electrons. The SMILES string of the molecule is CN1CCC2OCCN(c3nc4cc(F)ccc4o3)C2C1. The van der Waals surface area contributed by atoms with Gasteiger partial charge in [-0.1, -0.05) is 0 Å². The van der Waals surface area contributed by atoms with Crippen molar-refractivity contribution < 1.29 is 13.5 Å². The molecule has 1 aromatic carbocycles. The van der Waals surface area contributed by atoms with Crippen LogP contribution in [0.1, 0.15) is 6.42 Å². The van der Waals surface area contributed by atoms with Crippen molar-refractivity contribution in [3.63, 3.8) is 0 Å². The van der Waals surface area contributed by atoms with Crippen molar-refractivity contribution in [1.29, 1.82) is 0 Å². The number of likely N-dealkylation sites (tertiary alicyclic amines) is 1. The molecule has 4 rings (SSSR count). The Morgan fingerprint density at radius 2 is 2.24 bits per heavy atom. The summed E-state index contributed by atoms with van der Waals surface area (Å²) in [5.41, 5.74) is 1.19. The van der Waals surface area contributed by atoms with Crippen molar-refractivity contribution in [2.24, 2.45) is 0 Å². The predicted octanol–water partition coefficient (Wildman–Crippen LogP) is 1.88. The Morgan fingerprint density at radius 1 is 1.33 bits per heavy atom. The van der Waals surface area contributed by atoms with Crippen LogP contribution >= 0.6 is 0 Å². The molecule has 0 N–H and O–H groups in total. The van der Waals surface area contributed by atoms with Gasteiger partial charge in [-0.15, -0.1) is 0 Å². The fourth-order valence-corrected chi connectivity index (χ4v) is 3.28. The van der Waals surface area contributed by atoms with E-state index in [4.69, 9.17) is 9.15 Å². The van der Waals surface area contributed by atoms with E-state index in [1.807, 2.05) is 0 Å². The first-order chi connectivity index (χ1) is 10.2. The molecule has 0 amide bonds. The standard InChI is InChI=1S/C15H18FN3O2/c1-18-5-4-14-12(9-18)19(6-7-20-14)15-17-11-8-10(16)2-3-13(11)21-15/h2-3,8,12,14H,4-7,9H2,1H3. The summed E-state index contributed by atoms with van der Waals surface area (Å²) >= 11 is 0. The first kappa shape index (κ1) is 13.0. The fourth-order valence-electron chi connectivity index (χ4n) is 3.28. The molecule has 0 bridgehead atoms. The molecule has 2 aliphatic rings. The van der Waals surface area contributed by atoms with Gasteiger partial charge in [0.1, 0.15) is 11.3 Å². The van der Waals surface area contributed by atoms with Gasteiger partial charge < -0.3 is 19.0 Å². The van der Waals surface area contributed by atoms with Crippen molar-refractivity contribution in [2.75, 3.05) is 38.2 Å². The van der Waals surface area contributed by atoms with E-state index in [0.717, 1.165) is 26.1 Å². The Kier molecular flexibility index (Phi) is 3.08. The molecular formula is C15H18FN3O2. The van der Waals surface area contributed by atoms with E-state index >= 15 is 0 Å². The van der Waals surface area contributed by atoms with Gasteiger partial charge in [0.2, 0.25) is 0 Å². The lowest BCUT2D eigenvalue weighted by molar-refractivity contribution is -0.0259. The second kappa shape index (κ2) is 4.96. The summed E-state index contributed by atoms with van der Waals surface area (Å²) in [5, 5.41) is 0. The smallest absolute Gasteiger partial charge is 0.298 e. The zero-order valence-electron chi connectivity index (χ0n) is 12.0. The van der Waals surface area contributed by atoms with E-state index in [0.29, 0.717) is 23.7 Å². The van der Waals surface area contributed by atoms with Gasteiger partial charge in [0.05, 0.1) is 18.8 Å². The largest absolute Gasteiger partial charge is 0.423 e. The van der Waals surface area contributed by atoms with E-state index in [1.165, 1.54) is 12.1 Å². The molecule has 2 saturated heterocycles. The molecule has 2 unspecified atom stereocenters. The van der Waals surface area contributed by atoms with Crippen LogP contribution in [-0.4, -0.2) is 55.3 Å². The van der Waals surface area contributed by atoms with Gasteiger partial charge in [-0.25, -0.2) is 4.39 Å². The van der Waals surface area contributed by atoms with Crippen LogP contribution in [0.5, 0.6) is 0 Å². The quantitative estimate of drug-likeness (QED) is 0.802. The van der Waals surface area contributed by atoms with Crippen LogP contribution in [0.15, 0.2) is 22.6 Å². The molecule has 21 heavy (non-hydrogen) atoms. The highest BCUT2D eigenvalue weighted by Gasteiger charge is 2.38. The molecule has 5 nitrogen and oxygen atoms in total. The first-order valence-corrected chi connectivity index (χ1v) is 7.33. The summed E-state index contributed by atoms with van der Waals surface area (Å²) < 4.78 is 25.0. The minimum Gasteiger partial charge on any atom is -0.423 e. The molecule has 2 aromatic rings. The van der Waals surface area contributed by atoms with Crippen molar-refractivity contribution in [2.45, 2.75) is 18.6 Å². The van der Waals surface area contributed by atoms with E-state index in [1.54, 1.807) is 6.07 Å². The van der Waals surface area contributed by atoms with E-state index < -0.39 is 0 Å². The number of fused-ring (bicyclic) bond motifs is 2. The highest BCUT2D eigenvalue weighted by Crippen LogP contribution is 2.29. The number of hydrogen-bond donors (Lipinski definition) is 0. The van der Waals surface area contributed by atoms with Crippen LogP contribution in [0.3, 0.4) is 0 Å². The zero-order chi connectivity index (χ0) is 14.4. The van der Waals surface area contributed by atoms with Crippen LogP contribution in [-0.2, 0) is 4.74 Å². The molecule has 0 saturated carbocycles. The van der Waals surface area contributed by atoms with Crippen molar-refractivity contribution in [3.8, 4) is 0 Å². The summed E-state index contributed by atoms with van der Waals surface area (Å²) in [5.74, 6) is -0.292. The molecule has 0 spiro atoms. The number of nitrogens with zero attached hydrogens (tertiary/aromatic N) is 3. The van der Waals surface area contributed by atoms with Gasteiger partial charge in [0.15, 0.2) is 5.58 Å². The average Bonchev–Trinajstić information content (AvgIpc) is 2.89. The van der Waals surface area contributed by atoms with Gasteiger partial charge >= 0.3 is 0 Å². The molecule has 2 aliphatic heterocycles. The second-order valence-corrected chi connectivity index (χ2v) is 5.83. The van der Waals surface area contributed by atoms with Crippen molar-refractivity contribution in [3.05, 3.63) is 24.0 Å². The monoisotopic (exact) mass is 291 g/mol. The van der Waals surface area contributed by atoms with Gasteiger partial charge in [-0.05, 0) is 25.6 Å². The summed E-state index contributed by atoms with van der Waals surface area (Å²) in [4.78, 5) is 8.92.